The van der Waals surface area contributed by atoms with Crippen molar-refractivity contribution in [2.75, 3.05) is 18.1 Å². The van der Waals surface area contributed by atoms with Crippen molar-refractivity contribution < 1.29 is 23.9 Å². The lowest BCUT2D eigenvalue weighted by Crippen LogP contribution is -2.43. The minimum atomic E-state index is -0.703. The number of carbonyl (C=O) groups excluding carboxylic acids is 4. The van der Waals surface area contributed by atoms with Crippen LogP contribution >= 0.6 is 11.6 Å². The predicted octanol–water partition coefficient (Wildman–Crippen LogP) is 2.31. The van der Waals surface area contributed by atoms with Crippen LogP contribution in [0.5, 0.6) is 0 Å². The van der Waals surface area contributed by atoms with Gasteiger partial charge in [0.1, 0.15) is 0 Å². The SMILES string of the molecule is Cc1ccc(N2C[C@H](C(=O)OCC(=O)NNC(=O)c3ccc(Cl)cc3)CC2=O)cc1C. The highest BCUT2D eigenvalue weighted by atomic mass is 35.5. The fourth-order valence-electron chi connectivity index (χ4n) is 3.10. The highest BCUT2D eigenvalue weighted by Gasteiger charge is 2.36. The quantitative estimate of drug-likeness (QED) is 0.545. The molecule has 0 radical (unpaired) electrons. The molecule has 0 unspecified atom stereocenters. The van der Waals surface area contributed by atoms with Crippen LogP contribution < -0.4 is 15.8 Å². The van der Waals surface area contributed by atoms with E-state index in [1.54, 1.807) is 17.0 Å². The smallest absolute Gasteiger partial charge is 0.311 e. The van der Waals surface area contributed by atoms with Crippen molar-refractivity contribution in [2.24, 2.45) is 5.92 Å². The van der Waals surface area contributed by atoms with Crippen LogP contribution in [0.15, 0.2) is 42.5 Å². The number of carbonyl (C=O) groups is 4. The lowest BCUT2D eigenvalue weighted by atomic mass is 10.1. The number of amides is 3. The summed E-state index contributed by atoms with van der Waals surface area (Å²) in [4.78, 5) is 50.0. The number of hydrazine groups is 1. The van der Waals surface area contributed by atoms with Gasteiger partial charge in [0.2, 0.25) is 5.91 Å². The van der Waals surface area contributed by atoms with E-state index in [2.05, 4.69) is 10.9 Å². The van der Waals surface area contributed by atoms with E-state index in [1.807, 2.05) is 32.0 Å². The molecule has 0 bridgehead atoms. The molecular formula is C22H22ClN3O5. The first-order chi connectivity index (χ1) is 14.7. The van der Waals surface area contributed by atoms with E-state index in [-0.39, 0.29) is 18.9 Å². The van der Waals surface area contributed by atoms with Gasteiger partial charge in [-0.25, -0.2) is 0 Å². The zero-order valence-corrected chi connectivity index (χ0v) is 17.9. The molecule has 0 aromatic heterocycles. The summed E-state index contributed by atoms with van der Waals surface area (Å²) in [6, 6.07) is 11.8. The lowest BCUT2D eigenvalue weighted by Gasteiger charge is -2.17. The summed E-state index contributed by atoms with van der Waals surface area (Å²) in [5.41, 5.74) is 7.58. The van der Waals surface area contributed by atoms with Crippen molar-refractivity contribution in [3.8, 4) is 0 Å². The second kappa shape index (κ2) is 9.61. The van der Waals surface area contributed by atoms with Gasteiger partial charge in [-0.2, -0.15) is 0 Å². The maximum absolute atomic E-state index is 12.3. The van der Waals surface area contributed by atoms with Crippen LogP contribution in [0.25, 0.3) is 0 Å². The van der Waals surface area contributed by atoms with Crippen LogP contribution in [0.2, 0.25) is 5.02 Å². The molecular weight excluding hydrogens is 422 g/mol. The highest BCUT2D eigenvalue weighted by Crippen LogP contribution is 2.27. The average Bonchev–Trinajstić information content (AvgIpc) is 3.14. The lowest BCUT2D eigenvalue weighted by molar-refractivity contribution is -0.152. The van der Waals surface area contributed by atoms with Gasteiger partial charge < -0.3 is 9.64 Å². The zero-order valence-electron chi connectivity index (χ0n) is 17.1. The monoisotopic (exact) mass is 443 g/mol. The van der Waals surface area contributed by atoms with E-state index in [0.717, 1.165) is 16.8 Å². The Morgan fingerprint density at radius 1 is 1.06 bits per heavy atom. The third-order valence-electron chi connectivity index (χ3n) is 5.03. The Balaban J connectivity index is 1.46. The summed E-state index contributed by atoms with van der Waals surface area (Å²) in [6.45, 7) is 3.55. The van der Waals surface area contributed by atoms with Gasteiger partial charge in [-0.3, -0.25) is 30.0 Å². The molecule has 1 atom stereocenters. The molecule has 2 N–H and O–H groups in total. The molecule has 1 saturated heterocycles. The Morgan fingerprint density at radius 2 is 1.77 bits per heavy atom. The minimum Gasteiger partial charge on any atom is -0.455 e. The first kappa shape index (κ1) is 22.3. The molecule has 162 valence electrons. The molecule has 3 amide bonds. The number of hydrogen-bond donors (Lipinski definition) is 2. The van der Waals surface area contributed by atoms with Gasteiger partial charge in [0, 0.05) is 29.2 Å². The Labute approximate surface area is 184 Å². The fraction of sp³-hybridized carbons (Fsp3) is 0.273. The first-order valence-electron chi connectivity index (χ1n) is 9.63. The maximum Gasteiger partial charge on any atom is 0.311 e. The molecule has 1 aliphatic heterocycles. The summed E-state index contributed by atoms with van der Waals surface area (Å²) >= 11 is 5.76. The molecule has 1 heterocycles. The summed E-state index contributed by atoms with van der Waals surface area (Å²) in [6.07, 6.45) is 0.0146. The van der Waals surface area contributed by atoms with Crippen LogP contribution in [-0.2, 0) is 19.1 Å². The van der Waals surface area contributed by atoms with E-state index in [9.17, 15) is 19.2 Å². The average molecular weight is 444 g/mol. The molecule has 1 fully saturated rings. The Bertz CT molecular complexity index is 1020. The molecule has 0 spiro atoms. The standard InChI is InChI=1S/C22H22ClN3O5/c1-13-3-8-18(9-14(13)2)26-11-16(10-20(26)28)22(30)31-12-19(27)24-25-21(29)15-4-6-17(23)7-5-15/h3-9,16H,10-12H2,1-2H3,(H,24,27)(H,25,29)/t16-/m1/s1. The summed E-state index contributed by atoms with van der Waals surface area (Å²) in [5.74, 6) is -2.72. The predicted molar refractivity (Wildman–Crippen MR) is 114 cm³/mol. The molecule has 3 rings (SSSR count). The second-order valence-corrected chi connectivity index (χ2v) is 7.73. The van der Waals surface area contributed by atoms with Gasteiger partial charge in [-0.15, -0.1) is 0 Å². The second-order valence-electron chi connectivity index (χ2n) is 7.29. The van der Waals surface area contributed by atoms with Crippen molar-refractivity contribution in [1.29, 1.82) is 0 Å². The zero-order chi connectivity index (χ0) is 22.5. The fourth-order valence-corrected chi connectivity index (χ4v) is 3.22. The number of aryl methyl sites for hydroxylation is 2. The normalized spacial score (nSPS) is 15.5. The van der Waals surface area contributed by atoms with Crippen molar-refractivity contribution >= 4 is 41.0 Å². The van der Waals surface area contributed by atoms with Crippen molar-refractivity contribution in [2.45, 2.75) is 20.3 Å². The third kappa shape index (κ3) is 5.61. The number of halogens is 1. The van der Waals surface area contributed by atoms with Gasteiger partial charge in [0.15, 0.2) is 6.61 Å². The van der Waals surface area contributed by atoms with Crippen molar-refractivity contribution in [3.63, 3.8) is 0 Å². The van der Waals surface area contributed by atoms with E-state index < -0.39 is 30.3 Å². The van der Waals surface area contributed by atoms with E-state index >= 15 is 0 Å². The Morgan fingerprint density at radius 3 is 2.45 bits per heavy atom. The van der Waals surface area contributed by atoms with E-state index in [0.29, 0.717) is 10.6 Å². The first-order valence-corrected chi connectivity index (χ1v) is 10.0. The molecule has 2 aromatic rings. The minimum absolute atomic E-state index is 0.0146. The Kier molecular flexibility index (Phi) is 6.91. The van der Waals surface area contributed by atoms with Crippen LogP contribution in [-0.4, -0.2) is 36.8 Å². The molecule has 8 nitrogen and oxygen atoms in total. The number of nitrogens with one attached hydrogen (secondary N) is 2. The van der Waals surface area contributed by atoms with Gasteiger partial charge in [0.05, 0.1) is 5.92 Å². The molecule has 1 aliphatic rings. The third-order valence-corrected chi connectivity index (χ3v) is 5.28. The maximum atomic E-state index is 12.3. The number of benzene rings is 2. The molecule has 9 heteroatoms. The topological polar surface area (TPSA) is 105 Å². The van der Waals surface area contributed by atoms with Crippen LogP contribution in [0.3, 0.4) is 0 Å². The van der Waals surface area contributed by atoms with Gasteiger partial charge in [-0.1, -0.05) is 17.7 Å². The van der Waals surface area contributed by atoms with Crippen molar-refractivity contribution in [1.82, 2.24) is 10.9 Å². The van der Waals surface area contributed by atoms with Gasteiger partial charge in [-0.05, 0) is 61.4 Å². The van der Waals surface area contributed by atoms with Gasteiger partial charge in [0.25, 0.3) is 11.8 Å². The molecule has 31 heavy (non-hydrogen) atoms. The van der Waals surface area contributed by atoms with Gasteiger partial charge >= 0.3 is 5.97 Å². The summed E-state index contributed by atoms with van der Waals surface area (Å²) in [7, 11) is 0. The van der Waals surface area contributed by atoms with Crippen LogP contribution in [0, 0.1) is 19.8 Å². The number of ether oxygens (including phenoxy) is 1. The highest BCUT2D eigenvalue weighted by molar-refractivity contribution is 6.30. The number of rotatable bonds is 5. The van der Waals surface area contributed by atoms with Crippen molar-refractivity contribution in [3.05, 3.63) is 64.2 Å². The Hall–Kier alpha value is -3.39. The molecule has 2 aromatic carbocycles. The number of anilines is 1. The van der Waals surface area contributed by atoms with E-state index in [1.165, 1.54) is 12.1 Å². The van der Waals surface area contributed by atoms with Crippen LogP contribution in [0.4, 0.5) is 5.69 Å². The number of esters is 1. The molecule has 0 saturated carbocycles. The number of nitrogens with zero attached hydrogens (tertiary/aromatic N) is 1. The van der Waals surface area contributed by atoms with Crippen LogP contribution in [0.1, 0.15) is 27.9 Å². The number of hydrogen-bond acceptors (Lipinski definition) is 5. The largest absolute Gasteiger partial charge is 0.455 e. The van der Waals surface area contributed by atoms with E-state index in [4.69, 9.17) is 16.3 Å². The summed E-state index contributed by atoms with van der Waals surface area (Å²) < 4.78 is 5.02. The molecule has 0 aliphatic carbocycles. The summed E-state index contributed by atoms with van der Waals surface area (Å²) in [5, 5.41) is 0.481.